The number of hydrogen-bond donors (Lipinski definition) is 2. The van der Waals surface area contributed by atoms with E-state index in [9.17, 15) is 9.18 Å². The Bertz CT molecular complexity index is 711. The first-order valence-electron chi connectivity index (χ1n) is 7.33. The molecule has 0 bridgehead atoms. The fourth-order valence-corrected chi connectivity index (χ4v) is 3.37. The Kier molecular flexibility index (Phi) is 4.22. The van der Waals surface area contributed by atoms with Crippen LogP contribution < -0.4 is 10.6 Å². The summed E-state index contributed by atoms with van der Waals surface area (Å²) >= 11 is 1.46. The average molecular weight is 319 g/mol. The summed E-state index contributed by atoms with van der Waals surface area (Å²) in [5, 5.41) is 6.54. The van der Waals surface area contributed by atoms with Gasteiger partial charge in [0.15, 0.2) is 5.13 Å². The molecule has 0 aliphatic carbocycles. The molecule has 6 heteroatoms. The third kappa shape index (κ3) is 3.03. The number of amides is 1. The minimum Gasteiger partial charge on any atom is -0.312 e. The van der Waals surface area contributed by atoms with Gasteiger partial charge in [0.05, 0.1) is 0 Å². The molecule has 0 atom stereocenters. The van der Waals surface area contributed by atoms with Gasteiger partial charge in [0, 0.05) is 23.2 Å². The maximum Gasteiger partial charge on any atom is 0.257 e. The van der Waals surface area contributed by atoms with Gasteiger partial charge in [0.25, 0.3) is 5.91 Å². The maximum atomic E-state index is 13.7. The molecule has 1 amide bonds. The molecule has 0 saturated carbocycles. The second-order valence-corrected chi connectivity index (χ2v) is 6.76. The van der Waals surface area contributed by atoms with Crippen molar-refractivity contribution in [2.24, 2.45) is 0 Å². The van der Waals surface area contributed by atoms with Crippen LogP contribution in [0.1, 0.15) is 46.1 Å². The van der Waals surface area contributed by atoms with Crippen LogP contribution >= 0.6 is 11.3 Å². The van der Waals surface area contributed by atoms with Gasteiger partial charge in [-0.2, -0.15) is 0 Å². The van der Waals surface area contributed by atoms with Crippen LogP contribution in [0, 0.1) is 5.82 Å². The number of rotatable bonds is 3. The van der Waals surface area contributed by atoms with Crippen molar-refractivity contribution in [2.75, 3.05) is 11.9 Å². The number of thiazole rings is 1. The van der Waals surface area contributed by atoms with Gasteiger partial charge >= 0.3 is 0 Å². The van der Waals surface area contributed by atoms with Crippen LogP contribution in [-0.4, -0.2) is 17.4 Å². The van der Waals surface area contributed by atoms with Crippen molar-refractivity contribution in [3.63, 3.8) is 0 Å². The van der Waals surface area contributed by atoms with E-state index in [0.717, 1.165) is 29.0 Å². The third-order valence-corrected chi connectivity index (χ3v) is 4.95. The minimum atomic E-state index is -0.380. The molecule has 2 aromatic rings. The fourth-order valence-electron chi connectivity index (χ4n) is 2.56. The summed E-state index contributed by atoms with van der Waals surface area (Å²) in [7, 11) is 0. The SMILES string of the molecule is CC(C)c1cnc(NC(=O)c2cc(F)cc3c2CCNC3)s1. The molecule has 0 radical (unpaired) electrons. The Labute approximate surface area is 132 Å². The summed E-state index contributed by atoms with van der Waals surface area (Å²) in [5.74, 6) is -0.298. The summed E-state index contributed by atoms with van der Waals surface area (Å²) in [4.78, 5) is 17.8. The monoisotopic (exact) mass is 319 g/mol. The molecule has 22 heavy (non-hydrogen) atoms. The number of aromatic nitrogens is 1. The highest BCUT2D eigenvalue weighted by atomic mass is 32.1. The number of halogens is 1. The molecule has 0 fully saturated rings. The van der Waals surface area contributed by atoms with E-state index >= 15 is 0 Å². The zero-order valence-electron chi connectivity index (χ0n) is 12.6. The Balaban J connectivity index is 1.87. The molecule has 2 heterocycles. The van der Waals surface area contributed by atoms with Gasteiger partial charge in [-0.1, -0.05) is 13.8 Å². The molecule has 0 saturated heterocycles. The molecular formula is C16H18FN3OS. The quantitative estimate of drug-likeness (QED) is 0.912. The Morgan fingerprint density at radius 2 is 2.27 bits per heavy atom. The summed E-state index contributed by atoms with van der Waals surface area (Å²) in [6.07, 6.45) is 2.50. The average Bonchev–Trinajstić information content (AvgIpc) is 2.95. The number of carbonyl (C=O) groups excluding carboxylic acids is 1. The number of anilines is 1. The Hall–Kier alpha value is -1.79. The van der Waals surface area contributed by atoms with E-state index in [1.54, 1.807) is 6.20 Å². The van der Waals surface area contributed by atoms with Crippen molar-refractivity contribution in [1.82, 2.24) is 10.3 Å². The first-order valence-corrected chi connectivity index (χ1v) is 8.15. The lowest BCUT2D eigenvalue weighted by molar-refractivity contribution is 0.102. The third-order valence-electron chi connectivity index (χ3n) is 3.73. The highest BCUT2D eigenvalue weighted by Gasteiger charge is 2.20. The number of nitrogens with one attached hydrogen (secondary N) is 2. The smallest absolute Gasteiger partial charge is 0.257 e. The molecule has 116 valence electrons. The highest BCUT2D eigenvalue weighted by Crippen LogP contribution is 2.27. The number of nitrogens with zero attached hydrogens (tertiary/aromatic N) is 1. The van der Waals surface area contributed by atoms with E-state index in [4.69, 9.17) is 0 Å². The molecule has 1 aromatic heterocycles. The van der Waals surface area contributed by atoms with Crippen LogP contribution in [0.4, 0.5) is 9.52 Å². The summed E-state index contributed by atoms with van der Waals surface area (Å²) in [6, 6.07) is 2.81. The van der Waals surface area contributed by atoms with Crippen molar-refractivity contribution >= 4 is 22.4 Å². The fraction of sp³-hybridized carbons (Fsp3) is 0.375. The van der Waals surface area contributed by atoms with Crippen LogP contribution in [0.5, 0.6) is 0 Å². The number of hydrogen-bond acceptors (Lipinski definition) is 4. The lowest BCUT2D eigenvalue weighted by atomic mass is 9.95. The molecule has 1 aliphatic rings. The van der Waals surface area contributed by atoms with Crippen LogP contribution in [0.25, 0.3) is 0 Å². The standard InChI is InChI=1S/C16H18FN3OS/c1-9(2)14-8-19-16(22-14)20-15(21)13-6-11(17)5-10-7-18-4-3-12(10)13/h5-6,8-9,18H,3-4,7H2,1-2H3,(H,19,20,21). The van der Waals surface area contributed by atoms with E-state index in [1.165, 1.54) is 23.5 Å². The predicted octanol–water partition coefficient (Wildman–Crippen LogP) is 3.30. The Morgan fingerprint density at radius 3 is 3.00 bits per heavy atom. The van der Waals surface area contributed by atoms with Gasteiger partial charge in [-0.3, -0.25) is 10.1 Å². The second-order valence-electron chi connectivity index (χ2n) is 5.69. The molecule has 1 aromatic carbocycles. The molecule has 3 rings (SSSR count). The van der Waals surface area contributed by atoms with Crippen LogP contribution in [0.2, 0.25) is 0 Å². The van der Waals surface area contributed by atoms with Gasteiger partial charge in [0.1, 0.15) is 5.82 Å². The number of fused-ring (bicyclic) bond motifs is 1. The molecule has 4 nitrogen and oxygen atoms in total. The first-order chi connectivity index (χ1) is 10.5. The summed E-state index contributed by atoms with van der Waals surface area (Å²) in [6.45, 7) is 5.56. The maximum absolute atomic E-state index is 13.7. The van der Waals surface area contributed by atoms with Gasteiger partial charge in [0.2, 0.25) is 0 Å². The molecule has 0 unspecified atom stereocenters. The zero-order valence-corrected chi connectivity index (χ0v) is 13.4. The number of benzene rings is 1. The van der Waals surface area contributed by atoms with Gasteiger partial charge < -0.3 is 5.32 Å². The van der Waals surface area contributed by atoms with Crippen LogP contribution in [0.15, 0.2) is 18.3 Å². The van der Waals surface area contributed by atoms with Gasteiger partial charge in [-0.15, -0.1) is 11.3 Å². The van der Waals surface area contributed by atoms with E-state index in [-0.39, 0.29) is 11.7 Å². The molecule has 1 aliphatic heterocycles. The lowest BCUT2D eigenvalue weighted by Gasteiger charge is -2.20. The van der Waals surface area contributed by atoms with E-state index in [2.05, 4.69) is 29.5 Å². The normalized spacial score (nSPS) is 14.0. The molecular weight excluding hydrogens is 301 g/mol. The predicted molar refractivity (Wildman–Crippen MR) is 86.0 cm³/mol. The highest BCUT2D eigenvalue weighted by molar-refractivity contribution is 7.15. The topological polar surface area (TPSA) is 54.0 Å². The minimum absolute atomic E-state index is 0.290. The summed E-state index contributed by atoms with van der Waals surface area (Å²) < 4.78 is 13.7. The Morgan fingerprint density at radius 1 is 1.45 bits per heavy atom. The molecule has 2 N–H and O–H groups in total. The largest absolute Gasteiger partial charge is 0.312 e. The van der Waals surface area contributed by atoms with Crippen LogP contribution in [0.3, 0.4) is 0 Å². The number of carbonyl (C=O) groups is 1. The first kappa shape index (κ1) is 15.1. The molecule has 0 spiro atoms. The van der Waals surface area contributed by atoms with Crippen LogP contribution in [-0.2, 0) is 13.0 Å². The van der Waals surface area contributed by atoms with Crippen molar-refractivity contribution in [2.45, 2.75) is 32.7 Å². The van der Waals surface area contributed by atoms with Crippen molar-refractivity contribution < 1.29 is 9.18 Å². The van der Waals surface area contributed by atoms with Crippen molar-refractivity contribution in [3.05, 3.63) is 45.7 Å². The van der Waals surface area contributed by atoms with E-state index < -0.39 is 0 Å². The second kappa shape index (κ2) is 6.14. The summed E-state index contributed by atoms with van der Waals surface area (Å²) in [5.41, 5.74) is 2.20. The van der Waals surface area contributed by atoms with Crippen molar-refractivity contribution in [3.8, 4) is 0 Å². The van der Waals surface area contributed by atoms with Gasteiger partial charge in [-0.25, -0.2) is 9.37 Å². The lowest BCUT2D eigenvalue weighted by Crippen LogP contribution is -2.27. The zero-order chi connectivity index (χ0) is 15.7. The van der Waals surface area contributed by atoms with E-state index in [0.29, 0.717) is 23.2 Å². The van der Waals surface area contributed by atoms with E-state index in [1.807, 2.05) is 0 Å². The van der Waals surface area contributed by atoms with Crippen molar-refractivity contribution in [1.29, 1.82) is 0 Å². The van der Waals surface area contributed by atoms with Gasteiger partial charge in [-0.05, 0) is 42.1 Å².